The minimum Gasteiger partial charge on any atom is -0.372 e. The van der Waals surface area contributed by atoms with Crippen LogP contribution in [0.2, 0.25) is 0 Å². The number of rotatable bonds is 7. The van der Waals surface area contributed by atoms with E-state index in [-0.39, 0.29) is 0 Å². The van der Waals surface area contributed by atoms with Gasteiger partial charge >= 0.3 is 0 Å². The molecule has 0 amide bonds. The summed E-state index contributed by atoms with van der Waals surface area (Å²) in [6, 6.07) is 0. The van der Waals surface area contributed by atoms with E-state index in [1.807, 2.05) is 13.8 Å². The lowest BCUT2D eigenvalue weighted by atomic mass is 10.6. The molecule has 1 aliphatic heterocycles. The van der Waals surface area contributed by atoms with Gasteiger partial charge in [0.25, 0.3) is 0 Å². The maximum atomic E-state index is 5.46. The molecule has 0 aliphatic carbocycles. The third-order valence-corrected chi connectivity index (χ3v) is 6.99. The standard InChI is InChI=1S/C7H15O3PS2/c1-3-9-11(12,10-4-2)13-6-7-5-8-7/h7H,3-6H2,1-2H3. The van der Waals surface area contributed by atoms with Gasteiger partial charge in [0.05, 0.1) is 25.9 Å². The van der Waals surface area contributed by atoms with Crippen molar-refractivity contribution in [2.75, 3.05) is 25.6 Å². The molecule has 0 radical (unpaired) electrons. The molecule has 1 heterocycles. The van der Waals surface area contributed by atoms with Crippen molar-refractivity contribution in [3.8, 4) is 0 Å². The van der Waals surface area contributed by atoms with Crippen molar-refractivity contribution in [3.63, 3.8) is 0 Å². The molecule has 0 N–H and O–H groups in total. The molecule has 1 unspecified atom stereocenters. The molecule has 6 heteroatoms. The Morgan fingerprint density at radius 3 is 2.38 bits per heavy atom. The molecular formula is C7H15O3PS2. The zero-order chi connectivity index (χ0) is 9.73. The second-order valence-corrected chi connectivity index (χ2v) is 8.89. The van der Waals surface area contributed by atoms with Gasteiger partial charge in [0.1, 0.15) is 0 Å². The molecule has 0 aromatic heterocycles. The Morgan fingerprint density at radius 2 is 2.00 bits per heavy atom. The molecule has 0 aromatic carbocycles. The van der Waals surface area contributed by atoms with Crippen LogP contribution in [0.5, 0.6) is 0 Å². The van der Waals surface area contributed by atoms with E-state index in [1.54, 1.807) is 11.4 Å². The summed E-state index contributed by atoms with van der Waals surface area (Å²) in [7, 11) is 0. The number of epoxide rings is 1. The summed E-state index contributed by atoms with van der Waals surface area (Å²) >= 11 is 6.92. The van der Waals surface area contributed by atoms with Gasteiger partial charge in [-0.1, -0.05) is 11.4 Å². The Kier molecular flexibility index (Phi) is 5.23. The summed E-state index contributed by atoms with van der Waals surface area (Å²) < 4.78 is 16.0. The average Bonchev–Trinajstić information content (AvgIpc) is 2.85. The molecule has 13 heavy (non-hydrogen) atoms. The first-order valence-corrected chi connectivity index (χ1v) is 8.58. The van der Waals surface area contributed by atoms with E-state index in [1.165, 1.54) is 0 Å². The molecule has 3 nitrogen and oxygen atoms in total. The molecule has 0 spiro atoms. The van der Waals surface area contributed by atoms with Crippen LogP contribution in [0.4, 0.5) is 0 Å². The maximum absolute atomic E-state index is 5.46. The Bertz CT molecular complexity index is 186. The molecule has 0 aromatic rings. The highest BCUT2D eigenvalue weighted by molar-refractivity contribution is 8.67. The molecule has 1 rings (SSSR count). The van der Waals surface area contributed by atoms with Crippen LogP contribution in [0.15, 0.2) is 0 Å². The lowest BCUT2D eigenvalue weighted by molar-refractivity contribution is 0.280. The first-order chi connectivity index (χ1) is 6.20. The van der Waals surface area contributed by atoms with Crippen molar-refractivity contribution in [2.24, 2.45) is 0 Å². The van der Waals surface area contributed by atoms with Crippen molar-refractivity contribution in [3.05, 3.63) is 0 Å². The van der Waals surface area contributed by atoms with Gasteiger partial charge in [-0.2, -0.15) is 0 Å². The summed E-state index contributed by atoms with van der Waals surface area (Å²) in [5.41, 5.74) is -2.06. The first-order valence-electron chi connectivity index (χ1n) is 4.35. The van der Waals surface area contributed by atoms with Crippen molar-refractivity contribution in [2.45, 2.75) is 20.0 Å². The third kappa shape index (κ3) is 4.77. The Labute approximate surface area is 88.4 Å². The molecule has 1 fully saturated rings. The van der Waals surface area contributed by atoms with E-state index in [0.717, 1.165) is 12.4 Å². The summed E-state index contributed by atoms with van der Waals surface area (Å²) in [4.78, 5) is 0. The van der Waals surface area contributed by atoms with Gasteiger partial charge in [0.2, 0.25) is 5.69 Å². The Hall–Kier alpha value is 0.880. The van der Waals surface area contributed by atoms with Gasteiger partial charge in [-0.25, -0.2) is 0 Å². The van der Waals surface area contributed by atoms with Crippen LogP contribution < -0.4 is 0 Å². The normalized spacial score (nSPS) is 21.8. The van der Waals surface area contributed by atoms with E-state index in [9.17, 15) is 0 Å². The molecule has 1 saturated heterocycles. The topological polar surface area (TPSA) is 31.0 Å². The predicted molar refractivity (Wildman–Crippen MR) is 59.7 cm³/mol. The highest BCUT2D eigenvalue weighted by atomic mass is 32.9. The molecule has 1 atom stereocenters. The zero-order valence-corrected chi connectivity index (χ0v) is 10.4. The quantitative estimate of drug-likeness (QED) is 0.505. The molecular weight excluding hydrogens is 227 g/mol. The molecule has 0 bridgehead atoms. The highest BCUT2D eigenvalue weighted by Gasteiger charge is 2.27. The number of hydrogen-bond acceptors (Lipinski definition) is 5. The second kappa shape index (κ2) is 5.69. The second-order valence-electron chi connectivity index (χ2n) is 2.53. The summed E-state index contributed by atoms with van der Waals surface area (Å²) in [5.74, 6) is 0.900. The average molecular weight is 242 g/mol. The summed E-state index contributed by atoms with van der Waals surface area (Å²) in [5, 5.41) is 0. The largest absolute Gasteiger partial charge is 0.372 e. The van der Waals surface area contributed by atoms with E-state index in [0.29, 0.717) is 19.3 Å². The summed E-state index contributed by atoms with van der Waals surface area (Å²) in [6.07, 6.45) is 0.383. The van der Waals surface area contributed by atoms with Crippen LogP contribution in [0.3, 0.4) is 0 Å². The van der Waals surface area contributed by atoms with Crippen molar-refractivity contribution in [1.29, 1.82) is 0 Å². The van der Waals surface area contributed by atoms with Gasteiger partial charge < -0.3 is 13.8 Å². The number of ether oxygens (including phenoxy) is 1. The van der Waals surface area contributed by atoms with E-state index in [4.69, 9.17) is 25.6 Å². The van der Waals surface area contributed by atoms with Crippen LogP contribution in [-0.4, -0.2) is 31.7 Å². The number of hydrogen-bond donors (Lipinski definition) is 0. The van der Waals surface area contributed by atoms with Crippen LogP contribution in [0.1, 0.15) is 13.8 Å². The molecule has 78 valence electrons. The van der Waals surface area contributed by atoms with E-state index in [2.05, 4.69) is 0 Å². The van der Waals surface area contributed by atoms with Crippen molar-refractivity contribution in [1.82, 2.24) is 0 Å². The fraction of sp³-hybridized carbons (Fsp3) is 1.00. The fourth-order valence-electron chi connectivity index (χ4n) is 0.767. The fourth-order valence-corrected chi connectivity index (χ4v) is 5.47. The molecule has 1 aliphatic rings. The van der Waals surface area contributed by atoms with Crippen molar-refractivity contribution >= 4 is 28.9 Å². The SMILES string of the molecule is CCOP(=S)(OCC)SCC1CO1. The van der Waals surface area contributed by atoms with Gasteiger partial charge in [-0.3, -0.25) is 0 Å². The molecule has 0 saturated carbocycles. The van der Waals surface area contributed by atoms with Gasteiger partial charge in [0, 0.05) is 5.75 Å². The van der Waals surface area contributed by atoms with E-state index >= 15 is 0 Å². The van der Waals surface area contributed by atoms with Crippen molar-refractivity contribution < 1.29 is 13.8 Å². The Balaban J connectivity index is 2.29. The maximum Gasteiger partial charge on any atom is 0.247 e. The lowest BCUT2D eigenvalue weighted by Gasteiger charge is -2.19. The highest BCUT2D eigenvalue weighted by Crippen LogP contribution is 2.61. The van der Waals surface area contributed by atoms with Gasteiger partial charge in [-0.15, -0.1) is 0 Å². The monoisotopic (exact) mass is 242 g/mol. The minimum atomic E-state index is -2.06. The third-order valence-electron chi connectivity index (χ3n) is 1.40. The lowest BCUT2D eigenvalue weighted by Crippen LogP contribution is -1.95. The van der Waals surface area contributed by atoms with Gasteiger partial charge in [-0.05, 0) is 25.7 Å². The zero-order valence-electron chi connectivity index (χ0n) is 7.89. The predicted octanol–water partition coefficient (Wildman–Crippen LogP) is 2.42. The smallest absolute Gasteiger partial charge is 0.247 e. The Morgan fingerprint density at radius 1 is 1.46 bits per heavy atom. The summed E-state index contributed by atoms with van der Waals surface area (Å²) in [6.45, 7) is 5.98. The van der Waals surface area contributed by atoms with E-state index < -0.39 is 5.69 Å². The first kappa shape index (κ1) is 12.0. The van der Waals surface area contributed by atoms with Crippen LogP contribution in [0.25, 0.3) is 0 Å². The minimum absolute atomic E-state index is 0.383. The van der Waals surface area contributed by atoms with Crippen LogP contribution >= 0.6 is 17.1 Å². The van der Waals surface area contributed by atoms with Gasteiger partial charge in [0.15, 0.2) is 0 Å². The van der Waals surface area contributed by atoms with Crippen LogP contribution in [0, 0.1) is 0 Å². The van der Waals surface area contributed by atoms with Crippen LogP contribution in [-0.2, 0) is 25.6 Å².